The van der Waals surface area contributed by atoms with E-state index in [0.717, 1.165) is 36.6 Å². The van der Waals surface area contributed by atoms with Crippen molar-refractivity contribution < 1.29 is 0 Å². The Labute approximate surface area is 125 Å². The van der Waals surface area contributed by atoms with Gasteiger partial charge in [-0.3, -0.25) is 0 Å². The quantitative estimate of drug-likeness (QED) is 0.852. The Morgan fingerprint density at radius 3 is 2.80 bits per heavy atom. The molecule has 0 fully saturated rings. The van der Waals surface area contributed by atoms with Crippen LogP contribution >= 0.6 is 11.3 Å². The molecular formula is C15H24N4S. The number of aromatic nitrogens is 2. The summed E-state index contributed by atoms with van der Waals surface area (Å²) in [5, 5.41) is 1.19. The summed E-state index contributed by atoms with van der Waals surface area (Å²) in [7, 11) is 0. The number of nitrogens with two attached hydrogens (primary N) is 1. The van der Waals surface area contributed by atoms with Crippen molar-refractivity contribution in [2.75, 3.05) is 24.5 Å². The third kappa shape index (κ3) is 3.46. The lowest BCUT2D eigenvalue weighted by Crippen LogP contribution is -2.30. The number of fused-ring (bicyclic) bond motifs is 1. The highest BCUT2D eigenvalue weighted by atomic mass is 32.1. The molecule has 2 N–H and O–H groups in total. The second-order valence-corrected chi connectivity index (χ2v) is 6.58. The summed E-state index contributed by atoms with van der Waals surface area (Å²) < 4.78 is 0. The Bertz CT molecular complexity index is 550. The van der Waals surface area contributed by atoms with Gasteiger partial charge < -0.3 is 10.6 Å². The molecule has 4 nitrogen and oxygen atoms in total. The molecule has 0 saturated heterocycles. The minimum atomic E-state index is 0.599. The predicted molar refractivity (Wildman–Crippen MR) is 87.5 cm³/mol. The van der Waals surface area contributed by atoms with E-state index in [4.69, 9.17) is 5.73 Å². The second kappa shape index (κ2) is 6.99. The molecule has 0 amide bonds. The number of thiophene rings is 1. The van der Waals surface area contributed by atoms with Crippen molar-refractivity contribution >= 4 is 27.4 Å². The van der Waals surface area contributed by atoms with Crippen LogP contribution < -0.4 is 10.6 Å². The first-order valence-corrected chi connectivity index (χ1v) is 8.15. The fourth-order valence-corrected chi connectivity index (χ4v) is 3.26. The maximum absolute atomic E-state index is 5.67. The summed E-state index contributed by atoms with van der Waals surface area (Å²) in [6, 6.07) is 2.24. The van der Waals surface area contributed by atoms with E-state index in [1.165, 1.54) is 10.3 Å². The smallest absolute Gasteiger partial charge is 0.140 e. The van der Waals surface area contributed by atoms with Gasteiger partial charge in [0.15, 0.2) is 0 Å². The molecule has 2 heterocycles. The molecule has 5 heteroatoms. The highest BCUT2D eigenvalue weighted by Gasteiger charge is 2.15. The van der Waals surface area contributed by atoms with E-state index in [2.05, 4.69) is 41.7 Å². The molecule has 2 aromatic rings. The van der Waals surface area contributed by atoms with Crippen LogP contribution in [0.2, 0.25) is 0 Å². The van der Waals surface area contributed by atoms with E-state index >= 15 is 0 Å². The van der Waals surface area contributed by atoms with Crippen LogP contribution in [0.4, 0.5) is 5.82 Å². The summed E-state index contributed by atoms with van der Waals surface area (Å²) in [4.78, 5) is 13.8. The summed E-state index contributed by atoms with van der Waals surface area (Å²) in [6.07, 6.45) is 3.72. The average molecular weight is 292 g/mol. The molecule has 20 heavy (non-hydrogen) atoms. The first-order chi connectivity index (χ1) is 9.65. The van der Waals surface area contributed by atoms with Gasteiger partial charge in [0.05, 0.1) is 5.39 Å². The van der Waals surface area contributed by atoms with Gasteiger partial charge in [-0.2, -0.15) is 0 Å². The highest BCUT2D eigenvalue weighted by molar-refractivity contribution is 7.18. The summed E-state index contributed by atoms with van der Waals surface area (Å²) in [6.45, 7) is 9.32. The van der Waals surface area contributed by atoms with E-state index in [0.29, 0.717) is 12.5 Å². The Morgan fingerprint density at radius 1 is 1.35 bits per heavy atom. The van der Waals surface area contributed by atoms with Gasteiger partial charge in [-0.15, -0.1) is 11.3 Å². The average Bonchev–Trinajstić information content (AvgIpc) is 2.86. The summed E-state index contributed by atoms with van der Waals surface area (Å²) in [5.41, 5.74) is 5.67. The van der Waals surface area contributed by atoms with Gasteiger partial charge in [-0.05, 0) is 31.4 Å². The molecular weight excluding hydrogens is 268 g/mol. The highest BCUT2D eigenvalue weighted by Crippen LogP contribution is 2.30. The van der Waals surface area contributed by atoms with E-state index in [9.17, 15) is 0 Å². The maximum atomic E-state index is 5.67. The van der Waals surface area contributed by atoms with Crippen LogP contribution in [0.25, 0.3) is 10.2 Å². The van der Waals surface area contributed by atoms with Crippen molar-refractivity contribution in [3.63, 3.8) is 0 Å². The van der Waals surface area contributed by atoms with Gasteiger partial charge in [0, 0.05) is 18.0 Å². The first-order valence-electron chi connectivity index (χ1n) is 7.34. The molecule has 110 valence electrons. The minimum absolute atomic E-state index is 0.599. The lowest BCUT2D eigenvalue weighted by Gasteiger charge is -2.25. The van der Waals surface area contributed by atoms with Gasteiger partial charge in [0.25, 0.3) is 0 Å². The molecule has 0 aliphatic carbocycles. The summed E-state index contributed by atoms with van der Waals surface area (Å²) in [5.74, 6) is 1.66. The molecule has 2 rings (SSSR count). The van der Waals surface area contributed by atoms with E-state index in [-0.39, 0.29) is 0 Å². The molecule has 0 aromatic carbocycles. The van der Waals surface area contributed by atoms with Crippen LogP contribution in [0.3, 0.4) is 0 Å². The second-order valence-electron chi connectivity index (χ2n) is 5.46. The molecule has 0 atom stereocenters. The van der Waals surface area contributed by atoms with Crippen LogP contribution in [0.1, 0.15) is 32.1 Å². The molecule has 2 aromatic heterocycles. The third-order valence-electron chi connectivity index (χ3n) is 3.23. The number of hydrogen-bond acceptors (Lipinski definition) is 5. The van der Waals surface area contributed by atoms with Crippen molar-refractivity contribution in [2.24, 2.45) is 11.7 Å². The summed E-state index contributed by atoms with van der Waals surface area (Å²) >= 11 is 1.77. The molecule has 0 saturated carbocycles. The number of rotatable bonds is 7. The third-order valence-corrected chi connectivity index (χ3v) is 4.41. The zero-order valence-electron chi connectivity index (χ0n) is 12.6. The van der Waals surface area contributed by atoms with Crippen LogP contribution in [-0.4, -0.2) is 29.6 Å². The monoisotopic (exact) mass is 292 g/mol. The van der Waals surface area contributed by atoms with E-state index < -0.39 is 0 Å². The van der Waals surface area contributed by atoms with Crippen molar-refractivity contribution in [1.29, 1.82) is 0 Å². The minimum Gasteiger partial charge on any atom is -0.356 e. The molecule has 0 radical (unpaired) electrons. The van der Waals surface area contributed by atoms with Crippen molar-refractivity contribution in [2.45, 2.75) is 33.6 Å². The lowest BCUT2D eigenvalue weighted by atomic mass is 10.2. The first kappa shape index (κ1) is 15.2. The Kier molecular flexibility index (Phi) is 5.31. The Hall–Kier alpha value is -1.20. The number of hydrogen-bond donors (Lipinski definition) is 1. The fourth-order valence-electron chi connectivity index (χ4n) is 2.33. The van der Waals surface area contributed by atoms with E-state index in [1.807, 2.05) is 0 Å². The topological polar surface area (TPSA) is 55.0 Å². The zero-order chi connectivity index (χ0) is 14.5. The van der Waals surface area contributed by atoms with Crippen molar-refractivity contribution in [3.8, 4) is 0 Å². The van der Waals surface area contributed by atoms with E-state index in [1.54, 1.807) is 17.7 Å². The normalized spacial score (nSPS) is 11.4. The van der Waals surface area contributed by atoms with Crippen LogP contribution in [0.5, 0.6) is 0 Å². The largest absolute Gasteiger partial charge is 0.356 e. The van der Waals surface area contributed by atoms with Crippen molar-refractivity contribution in [1.82, 2.24) is 9.97 Å². The maximum Gasteiger partial charge on any atom is 0.140 e. The van der Waals surface area contributed by atoms with Gasteiger partial charge >= 0.3 is 0 Å². The number of aryl methyl sites for hydroxylation is 1. The van der Waals surface area contributed by atoms with Gasteiger partial charge in [0.1, 0.15) is 17.0 Å². The predicted octanol–water partition coefficient (Wildman–Crippen LogP) is 3.06. The lowest BCUT2D eigenvalue weighted by molar-refractivity contribution is 0.597. The standard InChI is InChI=1S/C15H24N4S/c1-4-12-8-13-14(17-10-18-15(13)20-12)19(7-5-6-16)9-11(2)3/h8,10-11H,4-7,9,16H2,1-3H3. The Morgan fingerprint density at radius 2 is 2.15 bits per heavy atom. The molecule has 0 unspecified atom stereocenters. The number of nitrogens with zero attached hydrogens (tertiary/aromatic N) is 3. The van der Waals surface area contributed by atoms with Crippen LogP contribution in [0, 0.1) is 5.92 Å². The molecule has 0 bridgehead atoms. The zero-order valence-corrected chi connectivity index (χ0v) is 13.4. The van der Waals surface area contributed by atoms with Crippen LogP contribution in [-0.2, 0) is 6.42 Å². The van der Waals surface area contributed by atoms with Gasteiger partial charge in [-0.25, -0.2) is 9.97 Å². The molecule has 0 aliphatic rings. The van der Waals surface area contributed by atoms with Crippen LogP contribution in [0.15, 0.2) is 12.4 Å². The molecule has 0 aliphatic heterocycles. The molecule has 0 spiro atoms. The number of anilines is 1. The van der Waals surface area contributed by atoms with Gasteiger partial charge in [0.2, 0.25) is 0 Å². The fraction of sp³-hybridized carbons (Fsp3) is 0.600. The Balaban J connectivity index is 2.37. The SMILES string of the molecule is CCc1cc2c(N(CCCN)CC(C)C)ncnc2s1. The van der Waals surface area contributed by atoms with Crippen molar-refractivity contribution in [3.05, 3.63) is 17.3 Å². The van der Waals surface area contributed by atoms with Gasteiger partial charge in [-0.1, -0.05) is 20.8 Å².